The summed E-state index contributed by atoms with van der Waals surface area (Å²) >= 11 is -0.412. The summed E-state index contributed by atoms with van der Waals surface area (Å²) in [6.07, 6.45) is 0. The van der Waals surface area contributed by atoms with E-state index in [1.54, 1.807) is 0 Å². The average molecular weight is 184 g/mol. The first-order valence-corrected chi connectivity index (χ1v) is 3.22. The molecule has 1 aromatic rings. The normalized spacial score (nSPS) is 11.9. The molecule has 0 fully saturated rings. The Bertz CT molecular complexity index is 243. The largest absolute Gasteiger partial charge is 0.449 e. The predicted octanol–water partition coefficient (Wildman–Crippen LogP) is 0.999. The summed E-state index contributed by atoms with van der Waals surface area (Å²) in [5.41, 5.74) is 0.621. The summed E-state index contributed by atoms with van der Waals surface area (Å²) in [7, 11) is 0. The molecule has 0 aromatic carbocycles. The Morgan fingerprint density at radius 1 is 1.45 bits per heavy atom. The van der Waals surface area contributed by atoms with E-state index in [2.05, 4.69) is 15.2 Å². The van der Waals surface area contributed by atoms with Crippen molar-refractivity contribution in [3.63, 3.8) is 0 Å². The molecule has 0 amide bonds. The smallest absolute Gasteiger partial charge is 0.368 e. The summed E-state index contributed by atoms with van der Waals surface area (Å²) in [6.45, 7) is 0. The van der Waals surface area contributed by atoms with Crippen LogP contribution < -0.4 is 5.73 Å². The fraction of sp³-hybridized carbons (Fsp3) is 0.333. The van der Waals surface area contributed by atoms with Crippen LogP contribution in [0.2, 0.25) is 0 Å². The predicted molar refractivity (Wildman–Crippen MR) is 32.7 cm³/mol. The lowest BCUT2D eigenvalue weighted by molar-refractivity contribution is -0.0330. The zero-order valence-electron chi connectivity index (χ0n) is 5.01. The highest BCUT2D eigenvalue weighted by Crippen LogP contribution is 2.34. The van der Waals surface area contributed by atoms with Gasteiger partial charge in [0.15, 0.2) is 0 Å². The van der Waals surface area contributed by atoms with Gasteiger partial charge in [-0.2, -0.15) is 18.2 Å². The first kappa shape index (κ1) is 8.18. The van der Waals surface area contributed by atoms with Crippen LogP contribution in [0.4, 0.5) is 19.1 Å². The molecule has 0 saturated heterocycles. The minimum absolute atomic E-state index is 0.128. The molecule has 3 N–H and O–H groups in total. The molecule has 11 heavy (non-hydrogen) atoms. The van der Waals surface area contributed by atoms with Crippen LogP contribution in [0.1, 0.15) is 0 Å². The quantitative estimate of drug-likeness (QED) is 0.639. The van der Waals surface area contributed by atoms with Gasteiger partial charge in [-0.3, -0.25) is 0 Å². The first-order valence-electron chi connectivity index (χ1n) is 2.41. The van der Waals surface area contributed by atoms with Crippen molar-refractivity contribution in [3.05, 3.63) is 0 Å². The Hall–Kier alpha value is -0.920. The van der Waals surface area contributed by atoms with Gasteiger partial charge < -0.3 is 5.73 Å². The van der Waals surface area contributed by atoms with Crippen molar-refractivity contribution >= 4 is 17.7 Å². The molecule has 0 aliphatic carbocycles. The Kier molecular flexibility index (Phi) is 1.94. The lowest BCUT2D eigenvalue weighted by Gasteiger charge is -1.98. The van der Waals surface area contributed by atoms with Crippen LogP contribution in [0, 0.1) is 0 Å². The number of nitrogens with zero attached hydrogens (tertiary/aromatic N) is 2. The van der Waals surface area contributed by atoms with Crippen LogP contribution in [0.3, 0.4) is 0 Å². The Balaban J connectivity index is 2.65. The van der Waals surface area contributed by atoms with Crippen LogP contribution in [0.15, 0.2) is 5.16 Å². The summed E-state index contributed by atoms with van der Waals surface area (Å²) in [4.78, 5) is 3.25. The van der Waals surface area contributed by atoms with Crippen LogP contribution in [-0.4, -0.2) is 20.7 Å². The minimum atomic E-state index is -4.37. The van der Waals surface area contributed by atoms with Crippen LogP contribution in [0.5, 0.6) is 0 Å². The number of halogens is 3. The molecular formula is C3H3F3N4S. The average Bonchev–Trinajstić information content (AvgIpc) is 2.10. The Morgan fingerprint density at radius 3 is 2.45 bits per heavy atom. The number of aromatic nitrogens is 3. The molecule has 0 unspecified atom stereocenters. The number of nitrogens with two attached hydrogens (primary N) is 1. The molecule has 1 heterocycles. The van der Waals surface area contributed by atoms with Crippen molar-refractivity contribution in [1.82, 2.24) is 15.2 Å². The molecule has 8 heteroatoms. The number of rotatable bonds is 1. The van der Waals surface area contributed by atoms with Crippen molar-refractivity contribution in [2.45, 2.75) is 10.7 Å². The van der Waals surface area contributed by atoms with Gasteiger partial charge in [0.25, 0.3) is 0 Å². The summed E-state index contributed by atoms with van der Waals surface area (Å²) < 4.78 is 34.7. The second kappa shape index (κ2) is 2.61. The topological polar surface area (TPSA) is 67.6 Å². The molecule has 0 aliphatic rings. The molecular weight excluding hydrogens is 181 g/mol. The maximum absolute atomic E-state index is 11.6. The molecule has 1 rings (SSSR count). The third kappa shape index (κ3) is 2.66. The SMILES string of the molecule is Nc1nc(SC(F)(F)F)n[nH]1. The number of hydrogen-bond donors (Lipinski definition) is 2. The monoisotopic (exact) mass is 184 g/mol. The third-order valence-electron chi connectivity index (χ3n) is 0.689. The molecule has 62 valence electrons. The van der Waals surface area contributed by atoms with Gasteiger partial charge in [-0.15, -0.1) is 5.10 Å². The molecule has 0 saturated carbocycles. The molecule has 0 radical (unpaired) electrons. The second-order valence-electron chi connectivity index (χ2n) is 1.55. The van der Waals surface area contributed by atoms with E-state index in [4.69, 9.17) is 5.73 Å². The fourth-order valence-electron chi connectivity index (χ4n) is 0.407. The minimum Gasteiger partial charge on any atom is -0.368 e. The molecule has 0 aliphatic heterocycles. The lowest BCUT2D eigenvalue weighted by Crippen LogP contribution is -1.99. The van der Waals surface area contributed by atoms with Crippen molar-refractivity contribution in [2.24, 2.45) is 0 Å². The third-order valence-corrected chi connectivity index (χ3v) is 1.29. The summed E-state index contributed by atoms with van der Waals surface area (Å²) in [6, 6.07) is 0. The van der Waals surface area contributed by atoms with Gasteiger partial charge in [0.05, 0.1) is 0 Å². The van der Waals surface area contributed by atoms with E-state index in [9.17, 15) is 13.2 Å². The summed E-state index contributed by atoms with van der Waals surface area (Å²) in [5, 5.41) is 4.85. The van der Waals surface area contributed by atoms with Crippen LogP contribution in [-0.2, 0) is 0 Å². The lowest BCUT2D eigenvalue weighted by atomic mass is 11.1. The van der Waals surface area contributed by atoms with Gasteiger partial charge in [0, 0.05) is 11.8 Å². The van der Waals surface area contributed by atoms with Crippen LogP contribution >= 0.6 is 11.8 Å². The second-order valence-corrected chi connectivity index (χ2v) is 2.58. The van der Waals surface area contributed by atoms with Crippen LogP contribution in [0.25, 0.3) is 0 Å². The van der Waals surface area contributed by atoms with E-state index in [-0.39, 0.29) is 5.95 Å². The van der Waals surface area contributed by atoms with E-state index < -0.39 is 22.4 Å². The van der Waals surface area contributed by atoms with E-state index in [0.717, 1.165) is 0 Å². The van der Waals surface area contributed by atoms with E-state index in [1.807, 2.05) is 0 Å². The highest BCUT2D eigenvalue weighted by Gasteiger charge is 2.31. The van der Waals surface area contributed by atoms with E-state index in [0.29, 0.717) is 0 Å². The number of hydrogen-bond acceptors (Lipinski definition) is 4. The van der Waals surface area contributed by atoms with Crippen molar-refractivity contribution < 1.29 is 13.2 Å². The van der Waals surface area contributed by atoms with Gasteiger partial charge in [-0.1, -0.05) is 0 Å². The van der Waals surface area contributed by atoms with Crippen molar-refractivity contribution in [1.29, 1.82) is 0 Å². The van der Waals surface area contributed by atoms with E-state index >= 15 is 0 Å². The maximum atomic E-state index is 11.6. The number of anilines is 1. The van der Waals surface area contributed by atoms with Gasteiger partial charge in [0.1, 0.15) is 0 Å². The van der Waals surface area contributed by atoms with Gasteiger partial charge in [0.2, 0.25) is 11.1 Å². The number of aromatic amines is 1. The molecule has 0 bridgehead atoms. The number of nitrogens with one attached hydrogen (secondary N) is 1. The number of H-pyrrole nitrogens is 1. The van der Waals surface area contributed by atoms with Crippen molar-refractivity contribution in [2.75, 3.05) is 5.73 Å². The first-order chi connectivity index (χ1) is 4.97. The van der Waals surface area contributed by atoms with Gasteiger partial charge in [-0.05, 0) is 0 Å². The molecule has 4 nitrogen and oxygen atoms in total. The molecule has 0 atom stereocenters. The molecule has 0 spiro atoms. The highest BCUT2D eigenvalue weighted by atomic mass is 32.2. The number of alkyl halides is 3. The van der Waals surface area contributed by atoms with E-state index in [1.165, 1.54) is 0 Å². The van der Waals surface area contributed by atoms with Gasteiger partial charge in [-0.25, -0.2) is 5.10 Å². The fourth-order valence-corrected chi connectivity index (χ4v) is 0.850. The van der Waals surface area contributed by atoms with Crippen molar-refractivity contribution in [3.8, 4) is 0 Å². The zero-order valence-corrected chi connectivity index (χ0v) is 5.83. The number of thioether (sulfide) groups is 1. The molecule has 1 aromatic heterocycles. The standard InChI is InChI=1S/C3H3F3N4S/c4-3(5,6)11-2-8-1(7)9-10-2/h(H3,7,8,9,10). The maximum Gasteiger partial charge on any atom is 0.449 e. The zero-order chi connectivity index (χ0) is 8.48. The Labute approximate surface area is 63.4 Å². The van der Waals surface area contributed by atoms with Gasteiger partial charge >= 0.3 is 5.51 Å². The highest BCUT2D eigenvalue weighted by molar-refractivity contribution is 8.00. The Morgan fingerprint density at radius 2 is 2.09 bits per heavy atom. The number of nitrogen functional groups attached to an aromatic ring is 1. The summed E-state index contributed by atoms with van der Waals surface area (Å²) in [5.74, 6) is -0.128.